The van der Waals surface area contributed by atoms with Crippen LogP contribution in [0, 0.1) is 0 Å². The minimum Gasteiger partial charge on any atom is -0.467 e. The highest BCUT2D eigenvalue weighted by atomic mass is 32.2. The standard InChI is InChI=1S/C14H13F3N2O3S/c15-14(16,17)9-3-4-13(19-6-9)23-8-12(21)18-7-10(20)11-2-1-5-22-11/h1-6,10,20H,7-8H2,(H,18,21). The van der Waals surface area contributed by atoms with Crippen LogP contribution in [-0.4, -0.2) is 28.3 Å². The summed E-state index contributed by atoms with van der Waals surface area (Å²) in [4.78, 5) is 15.3. The number of hydrogen-bond acceptors (Lipinski definition) is 5. The molecule has 2 N–H and O–H groups in total. The monoisotopic (exact) mass is 346 g/mol. The van der Waals surface area contributed by atoms with Gasteiger partial charge in [-0.3, -0.25) is 4.79 Å². The van der Waals surface area contributed by atoms with Crippen LogP contribution in [0.15, 0.2) is 46.2 Å². The number of carbonyl (C=O) groups excluding carboxylic acids is 1. The lowest BCUT2D eigenvalue weighted by molar-refractivity contribution is -0.137. The lowest BCUT2D eigenvalue weighted by Crippen LogP contribution is -2.29. The number of furan rings is 1. The predicted molar refractivity (Wildman–Crippen MR) is 76.6 cm³/mol. The van der Waals surface area contributed by atoms with Crippen molar-refractivity contribution >= 4 is 17.7 Å². The van der Waals surface area contributed by atoms with Gasteiger partial charge in [0.2, 0.25) is 5.91 Å². The molecule has 0 aromatic carbocycles. The number of aromatic nitrogens is 1. The highest BCUT2D eigenvalue weighted by Crippen LogP contribution is 2.29. The molecular weight excluding hydrogens is 333 g/mol. The molecule has 5 nitrogen and oxygen atoms in total. The minimum atomic E-state index is -4.43. The smallest absolute Gasteiger partial charge is 0.417 e. The molecule has 23 heavy (non-hydrogen) atoms. The van der Waals surface area contributed by atoms with Crippen LogP contribution < -0.4 is 5.32 Å². The summed E-state index contributed by atoms with van der Waals surface area (Å²) in [7, 11) is 0. The number of nitrogens with one attached hydrogen (secondary N) is 1. The van der Waals surface area contributed by atoms with E-state index in [0.29, 0.717) is 10.8 Å². The lowest BCUT2D eigenvalue weighted by Gasteiger charge is -2.09. The Labute approximate surface area is 133 Å². The maximum absolute atomic E-state index is 12.4. The number of nitrogens with zero attached hydrogens (tertiary/aromatic N) is 1. The largest absolute Gasteiger partial charge is 0.467 e. The summed E-state index contributed by atoms with van der Waals surface area (Å²) in [5.41, 5.74) is -0.840. The number of alkyl halides is 3. The molecule has 2 heterocycles. The molecule has 0 aliphatic carbocycles. The lowest BCUT2D eigenvalue weighted by atomic mass is 10.3. The first kappa shape index (κ1) is 17.4. The predicted octanol–water partition coefficient (Wildman–Crippen LogP) is 2.64. The molecule has 0 bridgehead atoms. The maximum Gasteiger partial charge on any atom is 0.417 e. The molecule has 9 heteroatoms. The zero-order chi connectivity index (χ0) is 16.9. The van der Waals surface area contributed by atoms with Gasteiger partial charge in [-0.1, -0.05) is 11.8 Å². The second kappa shape index (κ2) is 7.51. The average molecular weight is 346 g/mol. The molecular formula is C14H13F3N2O3S. The molecule has 2 aromatic heterocycles. The second-order valence-electron chi connectivity index (χ2n) is 4.51. The van der Waals surface area contributed by atoms with Gasteiger partial charge in [0.1, 0.15) is 11.9 Å². The van der Waals surface area contributed by atoms with Crippen LogP contribution in [0.25, 0.3) is 0 Å². The highest BCUT2D eigenvalue weighted by molar-refractivity contribution is 7.99. The van der Waals surface area contributed by atoms with Crippen molar-refractivity contribution in [1.82, 2.24) is 10.3 Å². The third-order valence-corrected chi connectivity index (χ3v) is 3.72. The van der Waals surface area contributed by atoms with Gasteiger partial charge in [0.05, 0.1) is 29.2 Å². The molecule has 2 aromatic rings. The Morgan fingerprint density at radius 3 is 2.74 bits per heavy atom. The number of aliphatic hydroxyl groups excluding tert-OH is 1. The van der Waals surface area contributed by atoms with E-state index >= 15 is 0 Å². The van der Waals surface area contributed by atoms with Gasteiger partial charge in [-0.2, -0.15) is 13.2 Å². The average Bonchev–Trinajstić information content (AvgIpc) is 3.04. The van der Waals surface area contributed by atoms with Gasteiger partial charge in [0.15, 0.2) is 0 Å². The van der Waals surface area contributed by atoms with Gasteiger partial charge in [-0.25, -0.2) is 4.98 Å². The Morgan fingerprint density at radius 2 is 2.17 bits per heavy atom. The molecule has 0 radical (unpaired) electrons. The zero-order valence-electron chi connectivity index (χ0n) is 11.7. The molecule has 1 atom stereocenters. The normalized spacial score (nSPS) is 12.9. The van der Waals surface area contributed by atoms with Crippen LogP contribution in [0.5, 0.6) is 0 Å². The van der Waals surface area contributed by atoms with Gasteiger partial charge < -0.3 is 14.8 Å². The van der Waals surface area contributed by atoms with E-state index in [0.717, 1.165) is 24.0 Å². The van der Waals surface area contributed by atoms with E-state index in [4.69, 9.17) is 4.42 Å². The number of aliphatic hydroxyl groups is 1. The van der Waals surface area contributed by atoms with Crippen LogP contribution in [0.1, 0.15) is 17.4 Å². The van der Waals surface area contributed by atoms with Crippen molar-refractivity contribution in [1.29, 1.82) is 0 Å². The van der Waals surface area contributed by atoms with E-state index in [1.165, 1.54) is 12.3 Å². The van der Waals surface area contributed by atoms with Gasteiger partial charge >= 0.3 is 6.18 Å². The molecule has 0 aliphatic heterocycles. The molecule has 0 spiro atoms. The number of halogens is 3. The van der Waals surface area contributed by atoms with Crippen molar-refractivity contribution in [2.75, 3.05) is 12.3 Å². The van der Waals surface area contributed by atoms with Gasteiger partial charge in [0.25, 0.3) is 0 Å². The molecule has 124 valence electrons. The Balaban J connectivity index is 1.76. The van der Waals surface area contributed by atoms with E-state index in [2.05, 4.69) is 10.3 Å². The summed E-state index contributed by atoms with van der Waals surface area (Å²) in [5.74, 6) is -0.0619. The van der Waals surface area contributed by atoms with Crippen molar-refractivity contribution in [2.24, 2.45) is 0 Å². The van der Waals surface area contributed by atoms with Crippen LogP contribution in [0.3, 0.4) is 0 Å². The van der Waals surface area contributed by atoms with Crippen molar-refractivity contribution < 1.29 is 27.5 Å². The number of rotatable bonds is 6. The van der Waals surface area contributed by atoms with Gasteiger partial charge in [0, 0.05) is 6.20 Å². The first-order valence-electron chi connectivity index (χ1n) is 6.50. The first-order valence-corrected chi connectivity index (χ1v) is 7.49. The van der Waals surface area contributed by atoms with Gasteiger partial charge in [-0.15, -0.1) is 0 Å². The van der Waals surface area contributed by atoms with Crippen LogP contribution >= 0.6 is 11.8 Å². The minimum absolute atomic E-state index is 0.0205. The Kier molecular flexibility index (Phi) is 5.67. The molecule has 0 saturated carbocycles. The van der Waals surface area contributed by atoms with E-state index in [1.807, 2.05) is 0 Å². The number of carbonyl (C=O) groups is 1. The highest BCUT2D eigenvalue weighted by Gasteiger charge is 2.30. The molecule has 0 fully saturated rings. The van der Waals surface area contributed by atoms with E-state index < -0.39 is 17.8 Å². The van der Waals surface area contributed by atoms with Gasteiger partial charge in [-0.05, 0) is 24.3 Å². The van der Waals surface area contributed by atoms with E-state index in [1.54, 1.807) is 12.1 Å². The number of amides is 1. The second-order valence-corrected chi connectivity index (χ2v) is 5.50. The summed E-state index contributed by atoms with van der Waals surface area (Å²) >= 11 is 1.00. The number of thioether (sulfide) groups is 1. The maximum atomic E-state index is 12.4. The Hall–Kier alpha value is -2.00. The number of pyridine rings is 1. The first-order chi connectivity index (χ1) is 10.9. The third-order valence-electron chi connectivity index (χ3n) is 2.78. The van der Waals surface area contributed by atoms with Crippen molar-refractivity contribution in [3.63, 3.8) is 0 Å². The van der Waals surface area contributed by atoms with Crippen molar-refractivity contribution in [2.45, 2.75) is 17.3 Å². The number of hydrogen-bond donors (Lipinski definition) is 2. The van der Waals surface area contributed by atoms with E-state index in [-0.39, 0.29) is 18.2 Å². The third kappa shape index (κ3) is 5.29. The fourth-order valence-electron chi connectivity index (χ4n) is 1.62. The Morgan fingerprint density at radius 1 is 1.39 bits per heavy atom. The van der Waals surface area contributed by atoms with Crippen molar-refractivity contribution in [3.05, 3.63) is 48.0 Å². The van der Waals surface area contributed by atoms with E-state index in [9.17, 15) is 23.1 Å². The molecule has 0 aliphatic rings. The summed E-state index contributed by atoms with van der Waals surface area (Å²) < 4.78 is 42.1. The van der Waals surface area contributed by atoms with Crippen LogP contribution in [0.2, 0.25) is 0 Å². The summed E-state index contributed by atoms with van der Waals surface area (Å²) in [6.45, 7) is -0.0205. The summed E-state index contributed by atoms with van der Waals surface area (Å²) in [5, 5.41) is 12.5. The SMILES string of the molecule is O=C(CSc1ccc(C(F)(F)F)cn1)NCC(O)c1ccco1. The van der Waals surface area contributed by atoms with Crippen LogP contribution in [0.4, 0.5) is 13.2 Å². The summed E-state index contributed by atoms with van der Waals surface area (Å²) in [6, 6.07) is 5.32. The molecule has 2 rings (SSSR count). The fourth-order valence-corrected chi connectivity index (χ4v) is 2.29. The fraction of sp³-hybridized carbons (Fsp3) is 0.286. The summed E-state index contributed by atoms with van der Waals surface area (Å²) in [6.07, 6.45) is -3.26. The molecule has 1 unspecified atom stereocenters. The van der Waals surface area contributed by atoms with Crippen molar-refractivity contribution in [3.8, 4) is 0 Å². The zero-order valence-corrected chi connectivity index (χ0v) is 12.5. The molecule has 0 saturated heterocycles. The quantitative estimate of drug-likeness (QED) is 0.787. The molecule has 1 amide bonds. The van der Waals surface area contributed by atoms with Crippen LogP contribution in [-0.2, 0) is 11.0 Å². The Bertz CT molecular complexity index is 630. The topological polar surface area (TPSA) is 75.4 Å².